The molecule has 2 N–H and O–H groups in total. The van der Waals surface area contributed by atoms with E-state index < -0.39 is 24.3 Å². The SMILES string of the molecule is COc1c(Cl)cc(C(=O)C(O)CC(=O)O)cc1Cl. The highest BCUT2D eigenvalue weighted by atomic mass is 35.5. The summed E-state index contributed by atoms with van der Waals surface area (Å²) in [5.41, 5.74) is 0.0274. The molecule has 1 aromatic carbocycles. The Labute approximate surface area is 113 Å². The summed E-state index contributed by atoms with van der Waals surface area (Å²) in [6.07, 6.45) is -2.32. The summed E-state index contributed by atoms with van der Waals surface area (Å²) in [6.45, 7) is 0. The first-order valence-corrected chi connectivity index (χ1v) is 5.59. The molecule has 0 spiro atoms. The molecule has 1 rings (SSSR count). The first kappa shape index (κ1) is 14.8. The van der Waals surface area contributed by atoms with E-state index in [1.807, 2.05) is 0 Å². The Kier molecular flexibility index (Phi) is 4.95. The van der Waals surface area contributed by atoms with Crippen LogP contribution in [-0.2, 0) is 4.79 Å². The van der Waals surface area contributed by atoms with Crippen molar-refractivity contribution < 1.29 is 24.5 Å². The van der Waals surface area contributed by atoms with Gasteiger partial charge in [0, 0.05) is 5.56 Å². The van der Waals surface area contributed by atoms with Crippen molar-refractivity contribution >= 4 is 35.0 Å². The van der Waals surface area contributed by atoms with Gasteiger partial charge < -0.3 is 14.9 Å². The topological polar surface area (TPSA) is 83.8 Å². The molecule has 1 atom stereocenters. The number of halogens is 2. The van der Waals surface area contributed by atoms with Crippen LogP contribution >= 0.6 is 23.2 Å². The minimum atomic E-state index is -1.64. The van der Waals surface area contributed by atoms with Crippen molar-refractivity contribution in [1.82, 2.24) is 0 Å². The Morgan fingerprint density at radius 1 is 1.33 bits per heavy atom. The number of ketones is 1. The zero-order chi connectivity index (χ0) is 13.9. The van der Waals surface area contributed by atoms with Crippen LogP contribution in [0.5, 0.6) is 5.75 Å². The normalized spacial score (nSPS) is 12.0. The average molecular weight is 293 g/mol. The maximum Gasteiger partial charge on any atom is 0.306 e. The van der Waals surface area contributed by atoms with Gasteiger partial charge >= 0.3 is 5.97 Å². The van der Waals surface area contributed by atoms with Gasteiger partial charge in [0.05, 0.1) is 23.6 Å². The van der Waals surface area contributed by atoms with Gasteiger partial charge in [-0.05, 0) is 12.1 Å². The van der Waals surface area contributed by atoms with E-state index in [0.29, 0.717) is 0 Å². The van der Waals surface area contributed by atoms with Crippen LogP contribution < -0.4 is 4.74 Å². The highest BCUT2D eigenvalue weighted by Gasteiger charge is 2.22. The second-order valence-corrected chi connectivity index (χ2v) is 4.27. The van der Waals surface area contributed by atoms with Crippen molar-refractivity contribution in [3.05, 3.63) is 27.7 Å². The third kappa shape index (κ3) is 3.35. The maximum atomic E-state index is 11.7. The second kappa shape index (κ2) is 6.04. The molecule has 98 valence electrons. The number of ether oxygens (including phenoxy) is 1. The fraction of sp³-hybridized carbons (Fsp3) is 0.273. The van der Waals surface area contributed by atoms with E-state index in [1.54, 1.807) is 0 Å². The summed E-state index contributed by atoms with van der Waals surface area (Å²) in [7, 11) is 1.37. The standard InChI is InChI=1S/C11H10Cl2O5/c1-18-11-6(12)2-5(3-7(11)13)10(17)8(14)4-9(15)16/h2-3,8,14H,4H2,1H3,(H,15,16). The molecular weight excluding hydrogens is 283 g/mol. The third-order valence-corrected chi connectivity index (χ3v) is 2.72. The van der Waals surface area contributed by atoms with Gasteiger partial charge in [-0.15, -0.1) is 0 Å². The summed E-state index contributed by atoms with van der Waals surface area (Å²) in [5.74, 6) is -1.83. The molecule has 0 amide bonds. The fourth-order valence-corrected chi connectivity index (χ4v) is 1.99. The van der Waals surface area contributed by atoms with Crippen molar-refractivity contribution in [3.8, 4) is 5.75 Å². The van der Waals surface area contributed by atoms with Gasteiger partial charge in [0.15, 0.2) is 11.5 Å². The maximum absolute atomic E-state index is 11.7. The molecule has 1 aromatic rings. The Morgan fingerprint density at radius 2 is 1.83 bits per heavy atom. The molecule has 0 radical (unpaired) electrons. The largest absolute Gasteiger partial charge is 0.494 e. The summed E-state index contributed by atoms with van der Waals surface area (Å²) < 4.78 is 4.90. The van der Waals surface area contributed by atoms with Crippen molar-refractivity contribution in [2.45, 2.75) is 12.5 Å². The Hall–Kier alpha value is -1.30. The number of hydrogen-bond acceptors (Lipinski definition) is 4. The number of carbonyl (C=O) groups is 2. The highest BCUT2D eigenvalue weighted by Crippen LogP contribution is 2.34. The third-order valence-electron chi connectivity index (χ3n) is 2.16. The Bertz CT molecular complexity index is 463. The van der Waals surface area contributed by atoms with Gasteiger partial charge in [-0.25, -0.2) is 0 Å². The molecule has 0 aliphatic rings. The highest BCUT2D eigenvalue weighted by molar-refractivity contribution is 6.37. The molecule has 0 heterocycles. The van der Waals surface area contributed by atoms with Crippen LogP contribution in [0.2, 0.25) is 10.0 Å². The predicted octanol–water partition coefficient (Wildman–Crippen LogP) is 2.02. The molecule has 5 nitrogen and oxygen atoms in total. The van der Waals surface area contributed by atoms with Crippen LogP contribution in [0.1, 0.15) is 16.8 Å². The number of aliphatic hydroxyl groups excluding tert-OH is 1. The van der Waals surface area contributed by atoms with E-state index in [4.69, 9.17) is 33.0 Å². The van der Waals surface area contributed by atoms with Gasteiger partial charge in [-0.1, -0.05) is 23.2 Å². The van der Waals surface area contributed by atoms with Gasteiger partial charge in [0.2, 0.25) is 0 Å². The number of benzene rings is 1. The number of hydrogen-bond donors (Lipinski definition) is 2. The van der Waals surface area contributed by atoms with E-state index in [1.165, 1.54) is 19.2 Å². The quantitative estimate of drug-likeness (QED) is 0.811. The molecule has 0 saturated carbocycles. The van der Waals surface area contributed by atoms with Crippen LogP contribution in [0, 0.1) is 0 Å². The second-order valence-electron chi connectivity index (χ2n) is 3.45. The van der Waals surface area contributed by atoms with Crippen LogP contribution in [0.25, 0.3) is 0 Å². The van der Waals surface area contributed by atoms with Crippen molar-refractivity contribution in [1.29, 1.82) is 0 Å². The number of carboxylic acid groups (broad SMARTS) is 1. The Balaban J connectivity index is 3.04. The first-order chi connectivity index (χ1) is 8.36. The summed E-state index contributed by atoms with van der Waals surface area (Å²) in [4.78, 5) is 22.1. The number of rotatable bonds is 5. The molecule has 0 bridgehead atoms. The van der Waals surface area contributed by atoms with Crippen LogP contribution in [0.4, 0.5) is 0 Å². The number of Topliss-reactive ketones (excluding diaryl/α,β-unsaturated/α-hetero) is 1. The zero-order valence-electron chi connectivity index (χ0n) is 9.31. The van der Waals surface area contributed by atoms with Gasteiger partial charge in [-0.3, -0.25) is 9.59 Å². The van der Waals surface area contributed by atoms with Crippen molar-refractivity contribution in [2.75, 3.05) is 7.11 Å². The van der Waals surface area contributed by atoms with Crippen LogP contribution in [0.3, 0.4) is 0 Å². The summed E-state index contributed by atoms with van der Waals surface area (Å²) in [6, 6.07) is 2.53. The average Bonchev–Trinajstić information content (AvgIpc) is 2.26. The van der Waals surface area contributed by atoms with E-state index in [9.17, 15) is 14.7 Å². The minimum absolute atomic E-state index is 0.0274. The lowest BCUT2D eigenvalue weighted by Gasteiger charge is -2.10. The lowest BCUT2D eigenvalue weighted by atomic mass is 10.0. The smallest absolute Gasteiger partial charge is 0.306 e. The Morgan fingerprint density at radius 3 is 2.22 bits per heavy atom. The zero-order valence-corrected chi connectivity index (χ0v) is 10.8. The molecule has 0 saturated heterocycles. The number of carboxylic acids is 1. The number of aliphatic carboxylic acids is 1. The number of aliphatic hydroxyl groups is 1. The molecular formula is C11H10Cl2O5. The molecule has 0 aliphatic carbocycles. The number of methoxy groups -OCH3 is 1. The van der Waals surface area contributed by atoms with E-state index in [-0.39, 0.29) is 21.4 Å². The fourth-order valence-electron chi connectivity index (χ4n) is 1.35. The monoisotopic (exact) mass is 292 g/mol. The van der Waals surface area contributed by atoms with Gasteiger partial charge in [0.1, 0.15) is 6.10 Å². The van der Waals surface area contributed by atoms with E-state index in [0.717, 1.165) is 0 Å². The molecule has 0 aliphatic heterocycles. The predicted molar refractivity (Wildman–Crippen MR) is 65.6 cm³/mol. The van der Waals surface area contributed by atoms with Gasteiger partial charge in [-0.2, -0.15) is 0 Å². The van der Waals surface area contributed by atoms with Crippen molar-refractivity contribution in [3.63, 3.8) is 0 Å². The molecule has 0 fully saturated rings. The summed E-state index contributed by atoms with van der Waals surface area (Å²) in [5, 5.41) is 18.1. The van der Waals surface area contributed by atoms with Crippen LogP contribution in [-0.4, -0.2) is 35.2 Å². The minimum Gasteiger partial charge on any atom is -0.494 e. The van der Waals surface area contributed by atoms with Crippen molar-refractivity contribution in [2.24, 2.45) is 0 Å². The lowest BCUT2D eigenvalue weighted by molar-refractivity contribution is -0.138. The first-order valence-electron chi connectivity index (χ1n) is 4.84. The number of carbonyl (C=O) groups excluding carboxylic acids is 1. The van der Waals surface area contributed by atoms with E-state index in [2.05, 4.69) is 0 Å². The van der Waals surface area contributed by atoms with E-state index >= 15 is 0 Å². The molecule has 7 heteroatoms. The molecule has 0 aromatic heterocycles. The molecule has 1 unspecified atom stereocenters. The molecule has 18 heavy (non-hydrogen) atoms. The summed E-state index contributed by atoms with van der Waals surface area (Å²) >= 11 is 11.7. The van der Waals surface area contributed by atoms with Gasteiger partial charge in [0.25, 0.3) is 0 Å². The van der Waals surface area contributed by atoms with Crippen LogP contribution in [0.15, 0.2) is 12.1 Å². The lowest BCUT2D eigenvalue weighted by Crippen LogP contribution is -2.23.